The Labute approximate surface area is 121 Å². The SMILES string of the molecule is CSC1CCC(NCC(O)CN2CCOCC2)CC1. The molecule has 0 aromatic heterocycles. The van der Waals surface area contributed by atoms with E-state index >= 15 is 0 Å². The van der Waals surface area contributed by atoms with Gasteiger partial charge in [0.1, 0.15) is 0 Å². The summed E-state index contributed by atoms with van der Waals surface area (Å²) in [4.78, 5) is 2.29. The van der Waals surface area contributed by atoms with Gasteiger partial charge in [0.05, 0.1) is 19.3 Å². The number of thioether (sulfide) groups is 1. The maximum Gasteiger partial charge on any atom is 0.0791 e. The quantitative estimate of drug-likeness (QED) is 0.762. The first-order chi connectivity index (χ1) is 9.28. The van der Waals surface area contributed by atoms with Crippen LogP contribution in [0.15, 0.2) is 0 Å². The molecule has 1 unspecified atom stereocenters. The molecule has 1 aliphatic carbocycles. The van der Waals surface area contributed by atoms with E-state index in [9.17, 15) is 5.11 Å². The van der Waals surface area contributed by atoms with Gasteiger partial charge in [-0.1, -0.05) is 0 Å². The summed E-state index contributed by atoms with van der Waals surface area (Å²) in [5, 5.41) is 14.5. The summed E-state index contributed by atoms with van der Waals surface area (Å²) in [5.41, 5.74) is 0. The lowest BCUT2D eigenvalue weighted by molar-refractivity contribution is 0.0143. The van der Waals surface area contributed by atoms with E-state index in [4.69, 9.17) is 4.74 Å². The Hall–Kier alpha value is 0.190. The largest absolute Gasteiger partial charge is 0.390 e. The lowest BCUT2D eigenvalue weighted by Gasteiger charge is -2.31. The number of β-amino-alcohol motifs (C(OH)–C–C–N with tert-alkyl or cyclic N) is 1. The van der Waals surface area contributed by atoms with Crippen LogP contribution < -0.4 is 5.32 Å². The van der Waals surface area contributed by atoms with E-state index in [1.54, 1.807) is 0 Å². The second-order valence-electron chi connectivity index (χ2n) is 5.68. The van der Waals surface area contributed by atoms with Crippen LogP contribution in [0.5, 0.6) is 0 Å². The molecule has 4 nitrogen and oxygen atoms in total. The van der Waals surface area contributed by atoms with Crippen molar-refractivity contribution < 1.29 is 9.84 Å². The number of hydrogen-bond acceptors (Lipinski definition) is 5. The van der Waals surface area contributed by atoms with E-state index in [1.807, 2.05) is 11.8 Å². The molecule has 0 aromatic carbocycles. The van der Waals surface area contributed by atoms with Gasteiger partial charge in [0.2, 0.25) is 0 Å². The molecule has 2 N–H and O–H groups in total. The smallest absolute Gasteiger partial charge is 0.0791 e. The number of rotatable bonds is 6. The topological polar surface area (TPSA) is 44.7 Å². The maximum atomic E-state index is 10.1. The molecule has 1 aliphatic heterocycles. The Bertz CT molecular complexity index is 242. The maximum absolute atomic E-state index is 10.1. The molecule has 0 bridgehead atoms. The van der Waals surface area contributed by atoms with Crippen molar-refractivity contribution in [2.45, 2.75) is 43.1 Å². The first kappa shape index (κ1) is 15.6. The van der Waals surface area contributed by atoms with Crippen LogP contribution in [-0.2, 0) is 4.74 Å². The molecule has 1 atom stereocenters. The van der Waals surface area contributed by atoms with Gasteiger partial charge >= 0.3 is 0 Å². The van der Waals surface area contributed by atoms with Crippen molar-refractivity contribution in [1.82, 2.24) is 10.2 Å². The molecule has 1 saturated carbocycles. The number of aliphatic hydroxyl groups is 1. The van der Waals surface area contributed by atoms with Gasteiger partial charge in [0.15, 0.2) is 0 Å². The van der Waals surface area contributed by atoms with Gasteiger partial charge < -0.3 is 15.2 Å². The minimum atomic E-state index is -0.253. The predicted molar refractivity (Wildman–Crippen MR) is 80.8 cm³/mol. The summed E-state index contributed by atoms with van der Waals surface area (Å²) in [6.07, 6.45) is 7.11. The average molecular weight is 288 g/mol. The number of nitrogens with zero attached hydrogens (tertiary/aromatic N) is 1. The number of morpholine rings is 1. The second kappa shape index (κ2) is 8.47. The second-order valence-corrected chi connectivity index (χ2v) is 6.82. The molecule has 2 rings (SSSR count). The van der Waals surface area contributed by atoms with Crippen molar-refractivity contribution in [2.75, 3.05) is 45.6 Å². The molecule has 1 heterocycles. The third-order valence-electron chi connectivity index (χ3n) is 4.22. The summed E-state index contributed by atoms with van der Waals surface area (Å²) >= 11 is 2.00. The minimum Gasteiger partial charge on any atom is -0.390 e. The van der Waals surface area contributed by atoms with Crippen LogP contribution >= 0.6 is 11.8 Å². The minimum absolute atomic E-state index is 0.253. The predicted octanol–water partition coefficient (Wildman–Crippen LogP) is 0.943. The number of aliphatic hydroxyl groups excluding tert-OH is 1. The summed E-state index contributed by atoms with van der Waals surface area (Å²) in [5.74, 6) is 0. The number of nitrogens with one attached hydrogen (secondary N) is 1. The van der Waals surface area contributed by atoms with Crippen molar-refractivity contribution in [3.05, 3.63) is 0 Å². The van der Waals surface area contributed by atoms with Crippen LogP contribution in [0.25, 0.3) is 0 Å². The third-order valence-corrected chi connectivity index (χ3v) is 5.36. The molecule has 0 amide bonds. The Balaban J connectivity index is 1.57. The van der Waals surface area contributed by atoms with E-state index < -0.39 is 0 Å². The normalized spacial score (nSPS) is 31.3. The van der Waals surface area contributed by atoms with Crippen LogP contribution in [0.2, 0.25) is 0 Å². The molecule has 112 valence electrons. The summed E-state index contributed by atoms with van der Waals surface area (Å²) in [7, 11) is 0. The molecule has 5 heteroatoms. The van der Waals surface area contributed by atoms with E-state index in [-0.39, 0.29) is 6.10 Å². The van der Waals surface area contributed by atoms with E-state index in [0.717, 1.165) is 44.6 Å². The van der Waals surface area contributed by atoms with Gasteiger partial charge in [-0.2, -0.15) is 11.8 Å². The fourth-order valence-corrected chi connectivity index (χ4v) is 3.70. The molecule has 1 saturated heterocycles. The highest BCUT2D eigenvalue weighted by molar-refractivity contribution is 7.99. The highest BCUT2D eigenvalue weighted by Gasteiger charge is 2.21. The molecule has 0 aromatic rings. The highest BCUT2D eigenvalue weighted by atomic mass is 32.2. The van der Waals surface area contributed by atoms with Crippen LogP contribution in [-0.4, -0.2) is 73.1 Å². The van der Waals surface area contributed by atoms with Crippen molar-refractivity contribution in [3.63, 3.8) is 0 Å². The Morgan fingerprint density at radius 3 is 2.58 bits per heavy atom. The average Bonchev–Trinajstić information content (AvgIpc) is 2.47. The Kier molecular flexibility index (Phi) is 6.94. The standard InChI is InChI=1S/C14H28N2O2S/c1-19-14-4-2-12(3-5-14)15-10-13(17)11-16-6-8-18-9-7-16/h12-15,17H,2-11H2,1H3. The lowest BCUT2D eigenvalue weighted by Crippen LogP contribution is -2.45. The van der Waals surface area contributed by atoms with Gasteiger partial charge in [0, 0.05) is 37.5 Å². The van der Waals surface area contributed by atoms with Crippen LogP contribution in [0.4, 0.5) is 0 Å². The fraction of sp³-hybridized carbons (Fsp3) is 1.00. The fourth-order valence-electron chi connectivity index (χ4n) is 2.95. The van der Waals surface area contributed by atoms with Crippen molar-refractivity contribution in [2.24, 2.45) is 0 Å². The van der Waals surface area contributed by atoms with Crippen molar-refractivity contribution in [1.29, 1.82) is 0 Å². The van der Waals surface area contributed by atoms with Crippen LogP contribution in [0, 0.1) is 0 Å². The van der Waals surface area contributed by atoms with Crippen molar-refractivity contribution >= 4 is 11.8 Å². The van der Waals surface area contributed by atoms with Crippen molar-refractivity contribution in [3.8, 4) is 0 Å². The van der Waals surface area contributed by atoms with Crippen LogP contribution in [0.1, 0.15) is 25.7 Å². The van der Waals surface area contributed by atoms with E-state index in [1.165, 1.54) is 25.7 Å². The van der Waals surface area contributed by atoms with Gasteiger partial charge in [-0.3, -0.25) is 4.90 Å². The third kappa shape index (κ3) is 5.60. The zero-order valence-electron chi connectivity index (χ0n) is 12.0. The summed E-state index contributed by atoms with van der Waals surface area (Å²) in [6.45, 7) is 5.02. The number of hydrogen-bond donors (Lipinski definition) is 2. The lowest BCUT2D eigenvalue weighted by atomic mass is 9.95. The molecular formula is C14H28N2O2S. The number of ether oxygens (including phenoxy) is 1. The van der Waals surface area contributed by atoms with E-state index in [2.05, 4.69) is 16.5 Å². The van der Waals surface area contributed by atoms with Gasteiger partial charge in [-0.25, -0.2) is 0 Å². The Morgan fingerprint density at radius 1 is 1.26 bits per heavy atom. The first-order valence-electron chi connectivity index (χ1n) is 7.52. The van der Waals surface area contributed by atoms with E-state index in [0.29, 0.717) is 6.04 Å². The first-order valence-corrected chi connectivity index (χ1v) is 8.81. The molecule has 19 heavy (non-hydrogen) atoms. The Morgan fingerprint density at radius 2 is 1.95 bits per heavy atom. The molecule has 0 radical (unpaired) electrons. The van der Waals surface area contributed by atoms with Crippen LogP contribution in [0.3, 0.4) is 0 Å². The molecule has 2 fully saturated rings. The zero-order chi connectivity index (χ0) is 13.5. The van der Waals surface area contributed by atoms with Gasteiger partial charge in [-0.15, -0.1) is 0 Å². The van der Waals surface area contributed by atoms with Gasteiger partial charge in [-0.05, 0) is 31.9 Å². The molecule has 2 aliphatic rings. The summed E-state index contributed by atoms with van der Waals surface area (Å²) in [6, 6.07) is 0.614. The summed E-state index contributed by atoms with van der Waals surface area (Å²) < 4.78 is 5.32. The zero-order valence-corrected chi connectivity index (χ0v) is 12.8. The highest BCUT2D eigenvalue weighted by Crippen LogP contribution is 2.26. The van der Waals surface area contributed by atoms with Gasteiger partial charge in [0.25, 0.3) is 0 Å². The molecule has 0 spiro atoms. The monoisotopic (exact) mass is 288 g/mol. The molecular weight excluding hydrogens is 260 g/mol.